The van der Waals surface area contributed by atoms with Gasteiger partial charge >= 0.3 is 0 Å². The van der Waals surface area contributed by atoms with Crippen molar-refractivity contribution in [1.82, 2.24) is 9.88 Å². The van der Waals surface area contributed by atoms with E-state index in [1.807, 2.05) is 18.2 Å². The van der Waals surface area contributed by atoms with Crippen molar-refractivity contribution in [2.75, 3.05) is 31.1 Å². The first kappa shape index (κ1) is 18.1. The first-order valence-electron chi connectivity index (χ1n) is 9.76. The average Bonchev–Trinajstić information content (AvgIpc) is 2.68. The SMILES string of the molecule is O=C(CC1CCN(c2ccc3ccccc3n2)CC1)N1CCC(F)(F)CC1. The van der Waals surface area contributed by atoms with Gasteiger partial charge in [-0.05, 0) is 37.0 Å². The van der Waals surface area contributed by atoms with Crippen LogP contribution in [0.15, 0.2) is 36.4 Å². The van der Waals surface area contributed by atoms with Crippen molar-refractivity contribution in [3.05, 3.63) is 36.4 Å². The van der Waals surface area contributed by atoms with Crippen LogP contribution in [0.1, 0.15) is 32.1 Å². The zero-order valence-electron chi connectivity index (χ0n) is 15.4. The van der Waals surface area contributed by atoms with Crippen LogP contribution in [0, 0.1) is 5.92 Å². The molecule has 0 bridgehead atoms. The standard InChI is InChI=1S/C21H25F2N3O/c22-21(23)9-13-26(14-10-21)20(27)15-16-7-11-25(12-8-16)19-6-5-17-3-1-2-4-18(17)24-19/h1-6,16H,7-15H2. The maximum Gasteiger partial charge on any atom is 0.251 e. The lowest BCUT2D eigenvalue weighted by molar-refractivity contribution is -0.138. The molecule has 2 aromatic rings. The fourth-order valence-corrected chi connectivity index (χ4v) is 4.06. The quantitative estimate of drug-likeness (QED) is 0.813. The number of carbonyl (C=O) groups is 1. The minimum absolute atomic E-state index is 0.0350. The van der Waals surface area contributed by atoms with Gasteiger partial charge in [0.15, 0.2) is 0 Å². The molecule has 2 fully saturated rings. The molecule has 0 radical (unpaired) electrons. The highest BCUT2D eigenvalue weighted by molar-refractivity contribution is 5.80. The van der Waals surface area contributed by atoms with Gasteiger partial charge in [-0.15, -0.1) is 0 Å². The van der Waals surface area contributed by atoms with Crippen molar-refractivity contribution in [3.63, 3.8) is 0 Å². The molecule has 0 unspecified atom stereocenters. The number of nitrogens with zero attached hydrogens (tertiary/aromatic N) is 3. The van der Waals surface area contributed by atoms with Crippen LogP contribution in [-0.2, 0) is 4.79 Å². The number of carbonyl (C=O) groups excluding carboxylic acids is 1. The van der Waals surface area contributed by atoms with Gasteiger partial charge < -0.3 is 9.80 Å². The van der Waals surface area contributed by atoms with Crippen LogP contribution in [0.25, 0.3) is 10.9 Å². The van der Waals surface area contributed by atoms with Gasteiger partial charge in [-0.1, -0.05) is 18.2 Å². The molecule has 2 aliphatic heterocycles. The Kier molecular flexibility index (Phi) is 4.98. The highest BCUT2D eigenvalue weighted by Gasteiger charge is 2.36. The Morgan fingerprint density at radius 1 is 1.04 bits per heavy atom. The van der Waals surface area contributed by atoms with Gasteiger partial charge in [0.05, 0.1) is 5.52 Å². The van der Waals surface area contributed by atoms with E-state index < -0.39 is 5.92 Å². The summed E-state index contributed by atoms with van der Waals surface area (Å²) in [5.41, 5.74) is 0.995. The number of hydrogen-bond acceptors (Lipinski definition) is 3. The zero-order chi connectivity index (χ0) is 18.9. The van der Waals surface area contributed by atoms with E-state index in [0.717, 1.165) is 42.7 Å². The van der Waals surface area contributed by atoms with E-state index >= 15 is 0 Å². The summed E-state index contributed by atoms with van der Waals surface area (Å²) >= 11 is 0. The molecule has 2 aliphatic rings. The minimum Gasteiger partial charge on any atom is -0.357 e. The number of halogens is 2. The highest BCUT2D eigenvalue weighted by Crippen LogP contribution is 2.30. The number of amides is 1. The number of hydrogen-bond donors (Lipinski definition) is 0. The van der Waals surface area contributed by atoms with Crippen molar-refractivity contribution < 1.29 is 13.6 Å². The van der Waals surface area contributed by atoms with Gasteiger partial charge in [-0.3, -0.25) is 4.79 Å². The van der Waals surface area contributed by atoms with Gasteiger partial charge in [-0.2, -0.15) is 0 Å². The van der Waals surface area contributed by atoms with Crippen LogP contribution in [0.5, 0.6) is 0 Å². The number of likely N-dealkylation sites (tertiary alicyclic amines) is 1. The Hall–Kier alpha value is -2.24. The van der Waals surface area contributed by atoms with Crippen molar-refractivity contribution in [3.8, 4) is 0 Å². The van der Waals surface area contributed by atoms with E-state index in [9.17, 15) is 13.6 Å². The molecule has 6 heteroatoms. The van der Waals surface area contributed by atoms with Gasteiger partial charge in [-0.25, -0.2) is 13.8 Å². The first-order chi connectivity index (χ1) is 13.0. The smallest absolute Gasteiger partial charge is 0.251 e. The molecule has 0 spiro atoms. The molecule has 144 valence electrons. The number of benzene rings is 1. The summed E-state index contributed by atoms with van der Waals surface area (Å²) in [6.07, 6.45) is 1.94. The largest absolute Gasteiger partial charge is 0.357 e. The van der Waals surface area contributed by atoms with Gasteiger partial charge in [0.2, 0.25) is 5.91 Å². The summed E-state index contributed by atoms with van der Waals surface area (Å²) in [5.74, 6) is -1.25. The summed E-state index contributed by atoms with van der Waals surface area (Å²) in [7, 11) is 0. The number of rotatable bonds is 3. The van der Waals surface area contributed by atoms with Crippen LogP contribution >= 0.6 is 0 Å². The summed E-state index contributed by atoms with van der Waals surface area (Å²) in [4.78, 5) is 21.1. The molecule has 1 aromatic heterocycles. The van der Waals surface area contributed by atoms with E-state index in [0.29, 0.717) is 12.3 Å². The molecule has 0 saturated carbocycles. The molecular formula is C21H25F2N3O. The van der Waals surface area contributed by atoms with Gasteiger partial charge in [0.25, 0.3) is 5.92 Å². The zero-order valence-corrected chi connectivity index (χ0v) is 15.4. The fourth-order valence-electron chi connectivity index (χ4n) is 4.06. The molecule has 0 N–H and O–H groups in total. The van der Waals surface area contributed by atoms with Gasteiger partial charge in [0.1, 0.15) is 5.82 Å². The van der Waals surface area contributed by atoms with E-state index in [1.54, 1.807) is 4.90 Å². The van der Waals surface area contributed by atoms with Crippen LogP contribution < -0.4 is 4.90 Å². The number of aromatic nitrogens is 1. The third-order valence-corrected chi connectivity index (χ3v) is 5.83. The number of alkyl halides is 2. The van der Waals surface area contributed by atoms with E-state index in [-0.39, 0.29) is 31.8 Å². The highest BCUT2D eigenvalue weighted by atomic mass is 19.3. The molecule has 4 nitrogen and oxygen atoms in total. The predicted octanol–water partition coefficient (Wildman–Crippen LogP) is 4.10. The summed E-state index contributed by atoms with van der Waals surface area (Å²) in [6.45, 7) is 2.13. The molecule has 4 rings (SSSR count). The van der Waals surface area contributed by atoms with Crippen molar-refractivity contribution in [2.45, 2.75) is 38.0 Å². The molecule has 3 heterocycles. The average molecular weight is 373 g/mol. The second-order valence-corrected chi connectivity index (χ2v) is 7.73. The van der Waals surface area contributed by atoms with E-state index in [1.165, 1.54) is 0 Å². The molecule has 2 saturated heterocycles. The number of pyridine rings is 1. The first-order valence-corrected chi connectivity index (χ1v) is 9.76. The number of anilines is 1. The van der Waals surface area contributed by atoms with E-state index in [2.05, 4.69) is 23.1 Å². The Morgan fingerprint density at radius 2 is 1.74 bits per heavy atom. The van der Waals surface area contributed by atoms with Crippen LogP contribution in [0.2, 0.25) is 0 Å². The maximum absolute atomic E-state index is 13.3. The second kappa shape index (κ2) is 7.41. The normalized spacial score (nSPS) is 20.8. The monoisotopic (exact) mass is 373 g/mol. The topological polar surface area (TPSA) is 36.4 Å². The third-order valence-electron chi connectivity index (χ3n) is 5.83. The number of fused-ring (bicyclic) bond motifs is 1. The lowest BCUT2D eigenvalue weighted by Crippen LogP contribution is -2.44. The third kappa shape index (κ3) is 4.20. The summed E-state index contributed by atoms with van der Waals surface area (Å²) in [5, 5.41) is 1.13. The Bertz CT molecular complexity index is 808. The van der Waals surface area contributed by atoms with Crippen molar-refractivity contribution in [1.29, 1.82) is 0 Å². The molecule has 27 heavy (non-hydrogen) atoms. The minimum atomic E-state index is -2.60. The lowest BCUT2D eigenvalue weighted by atomic mass is 9.92. The Balaban J connectivity index is 1.30. The van der Waals surface area contributed by atoms with Gasteiger partial charge in [0, 0.05) is 50.8 Å². The molecular weight excluding hydrogens is 348 g/mol. The Morgan fingerprint density at radius 3 is 2.48 bits per heavy atom. The maximum atomic E-state index is 13.3. The fraction of sp³-hybridized carbons (Fsp3) is 0.524. The second-order valence-electron chi connectivity index (χ2n) is 7.73. The van der Waals surface area contributed by atoms with Crippen molar-refractivity contribution in [2.24, 2.45) is 5.92 Å². The summed E-state index contributed by atoms with van der Waals surface area (Å²) in [6, 6.07) is 12.2. The van der Waals surface area contributed by atoms with Crippen LogP contribution in [0.3, 0.4) is 0 Å². The molecule has 0 aliphatic carbocycles. The van der Waals surface area contributed by atoms with E-state index in [4.69, 9.17) is 4.98 Å². The molecule has 1 amide bonds. The van der Waals surface area contributed by atoms with Crippen LogP contribution in [-0.4, -0.2) is 47.9 Å². The Labute approximate surface area is 158 Å². The summed E-state index contributed by atoms with van der Waals surface area (Å²) < 4.78 is 26.5. The number of piperidine rings is 2. The predicted molar refractivity (Wildman–Crippen MR) is 102 cm³/mol. The van der Waals surface area contributed by atoms with Crippen molar-refractivity contribution >= 4 is 22.6 Å². The lowest BCUT2D eigenvalue weighted by Gasteiger charge is -2.35. The number of para-hydroxylation sites is 1. The molecule has 1 aromatic carbocycles. The van der Waals surface area contributed by atoms with Crippen LogP contribution in [0.4, 0.5) is 14.6 Å². The molecule has 0 atom stereocenters.